The van der Waals surface area contributed by atoms with E-state index in [-0.39, 0.29) is 5.41 Å². The SMILES string of the molecule is CCCOc1ccc(C(C)(C)COCc2cccc(Oc3ccccc3)c2)cc1. The van der Waals surface area contributed by atoms with E-state index in [0.717, 1.165) is 35.8 Å². The number of rotatable bonds is 10. The maximum atomic E-state index is 6.05. The van der Waals surface area contributed by atoms with Crippen LogP contribution in [0.2, 0.25) is 0 Å². The van der Waals surface area contributed by atoms with E-state index in [0.29, 0.717) is 13.2 Å². The topological polar surface area (TPSA) is 27.7 Å². The van der Waals surface area contributed by atoms with Gasteiger partial charge in [0, 0.05) is 5.41 Å². The van der Waals surface area contributed by atoms with Gasteiger partial charge in [-0.15, -0.1) is 0 Å². The molecule has 0 aliphatic heterocycles. The van der Waals surface area contributed by atoms with E-state index < -0.39 is 0 Å². The summed E-state index contributed by atoms with van der Waals surface area (Å²) < 4.78 is 17.6. The highest BCUT2D eigenvalue weighted by Gasteiger charge is 2.21. The first kappa shape index (κ1) is 20.9. The van der Waals surface area contributed by atoms with E-state index in [2.05, 4.69) is 39.0 Å². The zero-order valence-corrected chi connectivity index (χ0v) is 17.6. The largest absolute Gasteiger partial charge is 0.494 e. The number of hydrogen-bond acceptors (Lipinski definition) is 3. The molecule has 152 valence electrons. The molecule has 0 atom stereocenters. The minimum atomic E-state index is -0.0819. The van der Waals surface area contributed by atoms with Crippen molar-refractivity contribution in [1.82, 2.24) is 0 Å². The molecular formula is C26H30O3. The van der Waals surface area contributed by atoms with Gasteiger partial charge in [0.2, 0.25) is 0 Å². The summed E-state index contributed by atoms with van der Waals surface area (Å²) in [5.74, 6) is 2.57. The Kier molecular flexibility index (Phi) is 7.31. The lowest BCUT2D eigenvalue weighted by Gasteiger charge is -2.25. The second-order valence-electron chi connectivity index (χ2n) is 7.81. The zero-order valence-electron chi connectivity index (χ0n) is 17.6. The summed E-state index contributed by atoms with van der Waals surface area (Å²) in [5, 5.41) is 0. The molecule has 0 unspecified atom stereocenters. The Morgan fingerprint density at radius 3 is 2.21 bits per heavy atom. The van der Waals surface area contributed by atoms with Crippen LogP contribution >= 0.6 is 0 Å². The summed E-state index contributed by atoms with van der Waals surface area (Å²) >= 11 is 0. The molecule has 29 heavy (non-hydrogen) atoms. The fourth-order valence-electron chi connectivity index (χ4n) is 3.05. The monoisotopic (exact) mass is 390 g/mol. The predicted octanol–water partition coefficient (Wildman–Crippen LogP) is 6.76. The van der Waals surface area contributed by atoms with Crippen LogP contribution in [0.15, 0.2) is 78.9 Å². The Balaban J connectivity index is 1.54. The van der Waals surface area contributed by atoms with Gasteiger partial charge in [-0.3, -0.25) is 0 Å². The lowest BCUT2D eigenvalue weighted by molar-refractivity contribution is 0.0824. The molecule has 0 aromatic heterocycles. The Hall–Kier alpha value is -2.78. The van der Waals surface area contributed by atoms with Gasteiger partial charge in [0.25, 0.3) is 0 Å². The van der Waals surface area contributed by atoms with E-state index >= 15 is 0 Å². The summed E-state index contributed by atoms with van der Waals surface area (Å²) in [5.41, 5.74) is 2.25. The molecular weight excluding hydrogens is 360 g/mol. The first-order valence-electron chi connectivity index (χ1n) is 10.2. The van der Waals surface area contributed by atoms with Crippen LogP contribution in [0, 0.1) is 0 Å². The van der Waals surface area contributed by atoms with Crippen LogP contribution in [0.3, 0.4) is 0 Å². The lowest BCUT2D eigenvalue weighted by atomic mass is 9.85. The van der Waals surface area contributed by atoms with E-state index in [9.17, 15) is 0 Å². The first-order chi connectivity index (χ1) is 14.1. The lowest BCUT2D eigenvalue weighted by Crippen LogP contribution is -2.24. The molecule has 0 fully saturated rings. The average Bonchev–Trinajstić information content (AvgIpc) is 2.73. The summed E-state index contributed by atoms with van der Waals surface area (Å²) in [6, 6.07) is 26.2. The number of benzene rings is 3. The third kappa shape index (κ3) is 6.37. The van der Waals surface area contributed by atoms with Crippen LogP contribution in [0.25, 0.3) is 0 Å². The second kappa shape index (κ2) is 10.1. The van der Waals surface area contributed by atoms with E-state index in [1.54, 1.807) is 0 Å². The van der Waals surface area contributed by atoms with Crippen molar-refractivity contribution in [1.29, 1.82) is 0 Å². The Morgan fingerprint density at radius 1 is 0.759 bits per heavy atom. The highest BCUT2D eigenvalue weighted by molar-refractivity contribution is 5.34. The van der Waals surface area contributed by atoms with E-state index in [1.807, 2.05) is 60.7 Å². The molecule has 0 aliphatic rings. The molecule has 3 aromatic rings. The quantitative estimate of drug-likeness (QED) is 0.383. The van der Waals surface area contributed by atoms with Gasteiger partial charge >= 0.3 is 0 Å². The van der Waals surface area contributed by atoms with Crippen molar-refractivity contribution in [2.75, 3.05) is 13.2 Å². The van der Waals surface area contributed by atoms with Crippen molar-refractivity contribution < 1.29 is 14.2 Å². The van der Waals surface area contributed by atoms with Crippen molar-refractivity contribution in [3.8, 4) is 17.2 Å². The second-order valence-corrected chi connectivity index (χ2v) is 7.81. The van der Waals surface area contributed by atoms with Crippen LogP contribution in [0.4, 0.5) is 0 Å². The molecule has 0 bridgehead atoms. The minimum Gasteiger partial charge on any atom is -0.494 e. The third-order valence-corrected chi connectivity index (χ3v) is 4.72. The van der Waals surface area contributed by atoms with E-state index in [1.165, 1.54) is 5.56 Å². The maximum absolute atomic E-state index is 6.05. The van der Waals surface area contributed by atoms with Crippen LogP contribution in [0.5, 0.6) is 17.2 Å². The minimum absolute atomic E-state index is 0.0819. The van der Waals surface area contributed by atoms with E-state index in [4.69, 9.17) is 14.2 Å². The Bertz CT molecular complexity index is 870. The van der Waals surface area contributed by atoms with Crippen LogP contribution < -0.4 is 9.47 Å². The number of para-hydroxylation sites is 1. The molecule has 0 radical (unpaired) electrons. The third-order valence-electron chi connectivity index (χ3n) is 4.72. The fourth-order valence-corrected chi connectivity index (χ4v) is 3.05. The molecule has 0 saturated heterocycles. The number of hydrogen-bond donors (Lipinski definition) is 0. The van der Waals surface area contributed by atoms with Crippen LogP contribution in [-0.4, -0.2) is 13.2 Å². The van der Waals surface area contributed by atoms with Gasteiger partial charge in [-0.05, 0) is 53.9 Å². The fraction of sp³-hybridized carbons (Fsp3) is 0.308. The molecule has 3 nitrogen and oxygen atoms in total. The maximum Gasteiger partial charge on any atom is 0.127 e. The summed E-state index contributed by atoms with van der Waals surface area (Å²) in [6.07, 6.45) is 1.01. The van der Waals surface area contributed by atoms with Crippen molar-refractivity contribution in [2.24, 2.45) is 0 Å². The standard InChI is InChI=1S/C26H30O3/c1-4-17-28-23-15-13-22(14-16-23)26(2,3)20-27-19-21-9-8-12-25(18-21)29-24-10-6-5-7-11-24/h5-16,18H,4,17,19-20H2,1-3H3. The van der Waals surface area contributed by atoms with Gasteiger partial charge in [-0.25, -0.2) is 0 Å². The van der Waals surface area contributed by atoms with Crippen molar-refractivity contribution in [3.05, 3.63) is 90.0 Å². The molecule has 0 aliphatic carbocycles. The van der Waals surface area contributed by atoms with Gasteiger partial charge in [0.05, 0.1) is 19.8 Å². The van der Waals surface area contributed by atoms with Gasteiger partial charge in [0.15, 0.2) is 0 Å². The highest BCUT2D eigenvalue weighted by atomic mass is 16.5. The molecule has 0 spiro atoms. The first-order valence-corrected chi connectivity index (χ1v) is 10.2. The zero-order chi connectivity index (χ0) is 20.5. The highest BCUT2D eigenvalue weighted by Crippen LogP contribution is 2.27. The van der Waals surface area contributed by atoms with Gasteiger partial charge in [-0.1, -0.05) is 63.2 Å². The van der Waals surface area contributed by atoms with Gasteiger partial charge < -0.3 is 14.2 Å². The average molecular weight is 391 g/mol. The van der Waals surface area contributed by atoms with Crippen LogP contribution in [-0.2, 0) is 16.8 Å². The normalized spacial score (nSPS) is 11.3. The summed E-state index contributed by atoms with van der Waals surface area (Å²) in [6.45, 7) is 8.43. The molecule has 0 amide bonds. The van der Waals surface area contributed by atoms with Crippen molar-refractivity contribution in [3.63, 3.8) is 0 Å². The predicted molar refractivity (Wildman–Crippen MR) is 118 cm³/mol. The summed E-state index contributed by atoms with van der Waals surface area (Å²) in [7, 11) is 0. The Morgan fingerprint density at radius 2 is 1.48 bits per heavy atom. The number of ether oxygens (including phenoxy) is 3. The summed E-state index contributed by atoms with van der Waals surface area (Å²) in [4.78, 5) is 0. The molecule has 0 saturated carbocycles. The van der Waals surface area contributed by atoms with Crippen molar-refractivity contribution in [2.45, 2.75) is 39.2 Å². The van der Waals surface area contributed by atoms with Gasteiger partial charge in [0.1, 0.15) is 17.2 Å². The van der Waals surface area contributed by atoms with Gasteiger partial charge in [-0.2, -0.15) is 0 Å². The van der Waals surface area contributed by atoms with Crippen LogP contribution in [0.1, 0.15) is 38.3 Å². The molecule has 3 rings (SSSR count). The molecule has 3 aromatic carbocycles. The Labute approximate surface area is 174 Å². The molecule has 0 heterocycles. The molecule has 0 N–H and O–H groups in total. The molecule has 3 heteroatoms. The van der Waals surface area contributed by atoms with Crippen molar-refractivity contribution >= 4 is 0 Å². The smallest absolute Gasteiger partial charge is 0.127 e.